The molecule has 0 saturated carbocycles. The van der Waals surface area contributed by atoms with Crippen LogP contribution in [0.2, 0.25) is 0 Å². The first kappa shape index (κ1) is 12.6. The zero-order valence-corrected chi connectivity index (χ0v) is 10.6. The van der Waals surface area contributed by atoms with Crippen molar-refractivity contribution in [2.75, 3.05) is 12.4 Å². The maximum Gasteiger partial charge on any atom is 0.260 e. The third-order valence-electron chi connectivity index (χ3n) is 2.34. The van der Waals surface area contributed by atoms with E-state index in [-0.39, 0.29) is 11.6 Å². The second kappa shape index (κ2) is 5.19. The first-order valence-electron chi connectivity index (χ1n) is 5.27. The molecular weight excluding hydrogens is 254 g/mol. The number of anilines is 1. The summed E-state index contributed by atoms with van der Waals surface area (Å²) in [4.78, 5) is 3.88. The summed E-state index contributed by atoms with van der Waals surface area (Å²) >= 11 is 0. The molecule has 0 spiro atoms. The van der Waals surface area contributed by atoms with Crippen molar-refractivity contribution >= 4 is 15.7 Å². The largest absolute Gasteiger partial charge is 0.472 e. The number of nitrogens with zero attached hydrogens (tertiary/aromatic N) is 1. The van der Waals surface area contributed by atoms with Crippen molar-refractivity contribution in [3.8, 4) is 0 Å². The predicted octanol–water partition coefficient (Wildman–Crippen LogP) is 1.19. The van der Waals surface area contributed by atoms with Crippen LogP contribution in [0.5, 0.6) is 0 Å². The van der Waals surface area contributed by atoms with Gasteiger partial charge < -0.3 is 9.73 Å². The van der Waals surface area contributed by atoms with Gasteiger partial charge in [-0.15, -0.1) is 0 Å². The molecule has 0 radical (unpaired) electrons. The molecule has 0 fully saturated rings. The van der Waals surface area contributed by atoms with E-state index in [0.717, 1.165) is 5.56 Å². The van der Waals surface area contributed by atoms with Gasteiger partial charge >= 0.3 is 0 Å². The van der Waals surface area contributed by atoms with Crippen LogP contribution >= 0.6 is 0 Å². The van der Waals surface area contributed by atoms with Crippen molar-refractivity contribution < 1.29 is 12.8 Å². The SMILES string of the molecule is CNc1cccnc1S(=O)(=O)NCc1ccoc1. The van der Waals surface area contributed by atoms with Gasteiger partial charge in [-0.05, 0) is 18.2 Å². The maximum absolute atomic E-state index is 12.1. The highest BCUT2D eigenvalue weighted by Gasteiger charge is 2.19. The van der Waals surface area contributed by atoms with E-state index < -0.39 is 10.0 Å². The monoisotopic (exact) mass is 267 g/mol. The minimum absolute atomic E-state index is 0.0176. The smallest absolute Gasteiger partial charge is 0.260 e. The van der Waals surface area contributed by atoms with Crippen molar-refractivity contribution in [2.24, 2.45) is 0 Å². The van der Waals surface area contributed by atoms with Gasteiger partial charge in [-0.25, -0.2) is 18.1 Å². The molecule has 0 amide bonds. The van der Waals surface area contributed by atoms with E-state index in [2.05, 4.69) is 15.0 Å². The van der Waals surface area contributed by atoms with E-state index >= 15 is 0 Å². The quantitative estimate of drug-likeness (QED) is 0.850. The molecule has 0 atom stereocenters. The molecule has 96 valence electrons. The number of sulfonamides is 1. The average Bonchev–Trinajstić information content (AvgIpc) is 2.89. The minimum atomic E-state index is -3.64. The van der Waals surface area contributed by atoms with Gasteiger partial charge in [0.1, 0.15) is 0 Å². The molecule has 2 N–H and O–H groups in total. The highest BCUT2D eigenvalue weighted by atomic mass is 32.2. The Hall–Kier alpha value is -1.86. The molecular formula is C11H13N3O3S. The second-order valence-electron chi connectivity index (χ2n) is 3.56. The molecule has 0 bridgehead atoms. The molecule has 0 aromatic carbocycles. The number of hydrogen-bond acceptors (Lipinski definition) is 5. The zero-order chi connectivity index (χ0) is 13.0. The van der Waals surface area contributed by atoms with Crippen molar-refractivity contribution in [3.05, 3.63) is 42.5 Å². The summed E-state index contributed by atoms with van der Waals surface area (Å²) in [5, 5.41) is 2.78. The average molecular weight is 267 g/mol. The molecule has 7 heteroatoms. The van der Waals surface area contributed by atoms with Crippen LogP contribution in [0.25, 0.3) is 0 Å². The van der Waals surface area contributed by atoms with E-state index in [0.29, 0.717) is 5.69 Å². The third-order valence-corrected chi connectivity index (χ3v) is 3.70. The normalized spacial score (nSPS) is 11.4. The summed E-state index contributed by atoms with van der Waals surface area (Å²) in [6.07, 6.45) is 4.41. The highest BCUT2D eigenvalue weighted by Crippen LogP contribution is 2.17. The molecule has 18 heavy (non-hydrogen) atoms. The number of hydrogen-bond donors (Lipinski definition) is 2. The van der Waals surface area contributed by atoms with Gasteiger partial charge in [0.25, 0.3) is 10.0 Å². The van der Waals surface area contributed by atoms with E-state index in [1.165, 1.54) is 18.7 Å². The molecule has 2 rings (SSSR count). The molecule has 2 aromatic rings. The Balaban J connectivity index is 2.20. The highest BCUT2D eigenvalue weighted by molar-refractivity contribution is 7.89. The van der Waals surface area contributed by atoms with Crippen molar-refractivity contribution in [2.45, 2.75) is 11.6 Å². The zero-order valence-electron chi connectivity index (χ0n) is 9.75. The summed E-state index contributed by atoms with van der Waals surface area (Å²) < 4.78 is 31.5. The van der Waals surface area contributed by atoms with E-state index in [1.807, 2.05) is 0 Å². The van der Waals surface area contributed by atoms with Gasteiger partial charge in [-0.3, -0.25) is 0 Å². The fourth-order valence-corrected chi connectivity index (χ4v) is 2.59. The van der Waals surface area contributed by atoms with Crippen molar-refractivity contribution in [1.29, 1.82) is 0 Å². The Morgan fingerprint density at radius 3 is 2.89 bits per heavy atom. The molecule has 0 aliphatic rings. The van der Waals surface area contributed by atoms with Crippen LogP contribution in [0.3, 0.4) is 0 Å². The van der Waals surface area contributed by atoms with E-state index in [4.69, 9.17) is 4.42 Å². The van der Waals surface area contributed by atoms with Gasteiger partial charge in [0, 0.05) is 25.4 Å². The first-order chi connectivity index (χ1) is 8.63. The summed E-state index contributed by atoms with van der Waals surface area (Å²) in [5.41, 5.74) is 1.21. The van der Waals surface area contributed by atoms with Gasteiger partial charge in [0.15, 0.2) is 5.03 Å². The van der Waals surface area contributed by atoms with Crippen LogP contribution in [0.4, 0.5) is 5.69 Å². The predicted molar refractivity (Wildman–Crippen MR) is 66.5 cm³/mol. The lowest BCUT2D eigenvalue weighted by atomic mass is 10.4. The minimum Gasteiger partial charge on any atom is -0.472 e. The Labute approximate surface area is 105 Å². The number of aromatic nitrogens is 1. The number of nitrogens with one attached hydrogen (secondary N) is 2. The van der Waals surface area contributed by atoms with Crippen molar-refractivity contribution in [3.63, 3.8) is 0 Å². The summed E-state index contributed by atoms with van der Waals surface area (Å²) in [6.45, 7) is 0.165. The van der Waals surface area contributed by atoms with Crippen LogP contribution in [-0.2, 0) is 16.6 Å². The summed E-state index contributed by atoms with van der Waals surface area (Å²) in [7, 11) is -2.00. The standard InChI is InChI=1S/C11H13N3O3S/c1-12-10-3-2-5-13-11(10)18(15,16)14-7-9-4-6-17-8-9/h2-6,8,12,14H,7H2,1H3. The molecule has 2 heterocycles. The lowest BCUT2D eigenvalue weighted by Crippen LogP contribution is -2.24. The lowest BCUT2D eigenvalue weighted by molar-refractivity contribution is 0.560. The summed E-state index contributed by atoms with van der Waals surface area (Å²) in [5.74, 6) is 0. The Kier molecular flexibility index (Phi) is 3.63. The fraction of sp³-hybridized carbons (Fsp3) is 0.182. The topological polar surface area (TPSA) is 84.2 Å². The Bertz CT molecular complexity index is 608. The molecule has 0 aliphatic heterocycles. The number of rotatable bonds is 5. The Morgan fingerprint density at radius 1 is 1.39 bits per heavy atom. The van der Waals surface area contributed by atoms with Crippen LogP contribution in [-0.4, -0.2) is 20.4 Å². The van der Waals surface area contributed by atoms with Gasteiger partial charge in [0.2, 0.25) is 0 Å². The lowest BCUT2D eigenvalue weighted by Gasteiger charge is -2.09. The second-order valence-corrected chi connectivity index (χ2v) is 5.24. The molecule has 0 unspecified atom stereocenters. The number of pyridine rings is 1. The van der Waals surface area contributed by atoms with Gasteiger partial charge in [0.05, 0.1) is 18.2 Å². The fourth-order valence-electron chi connectivity index (χ4n) is 1.44. The van der Waals surface area contributed by atoms with Gasteiger partial charge in [-0.2, -0.15) is 0 Å². The Morgan fingerprint density at radius 2 is 2.22 bits per heavy atom. The number of furan rings is 1. The van der Waals surface area contributed by atoms with Gasteiger partial charge in [-0.1, -0.05) is 0 Å². The van der Waals surface area contributed by atoms with Crippen LogP contribution in [0.1, 0.15) is 5.56 Å². The van der Waals surface area contributed by atoms with Crippen LogP contribution in [0, 0.1) is 0 Å². The van der Waals surface area contributed by atoms with Crippen LogP contribution < -0.4 is 10.0 Å². The molecule has 0 aliphatic carbocycles. The van der Waals surface area contributed by atoms with Crippen LogP contribution in [0.15, 0.2) is 46.4 Å². The molecule has 0 saturated heterocycles. The third kappa shape index (κ3) is 2.69. The van der Waals surface area contributed by atoms with Crippen molar-refractivity contribution in [1.82, 2.24) is 9.71 Å². The summed E-state index contributed by atoms with van der Waals surface area (Å²) in [6, 6.07) is 5.01. The molecule has 6 nitrogen and oxygen atoms in total. The van der Waals surface area contributed by atoms with E-state index in [1.54, 1.807) is 25.2 Å². The van der Waals surface area contributed by atoms with E-state index in [9.17, 15) is 8.42 Å². The molecule has 2 aromatic heterocycles. The first-order valence-corrected chi connectivity index (χ1v) is 6.75. The maximum atomic E-state index is 12.1.